The number of nitrogens with one attached hydrogen (secondary N) is 1. The molecule has 0 atom stereocenters. The summed E-state index contributed by atoms with van der Waals surface area (Å²) in [6.45, 7) is 5.04. The Morgan fingerprint density at radius 2 is 1.88 bits per heavy atom. The maximum Gasteiger partial charge on any atom is 0.265 e. The van der Waals surface area contributed by atoms with Crippen LogP contribution < -0.4 is 5.32 Å². The standard InChI is InChI=1S/C16H22N4O4S/c1-10-13(25-11(2)18-10)14(22)19-6-3-16(24,4-7-19)15(23)20-8-5-17-12(21)9-20/h24H,3-9H2,1-2H3,(H,17,21). The van der Waals surface area contributed by atoms with Crippen molar-refractivity contribution in [1.82, 2.24) is 20.1 Å². The van der Waals surface area contributed by atoms with Gasteiger partial charge in [-0.1, -0.05) is 0 Å². The number of piperazine rings is 1. The molecular formula is C16H22N4O4S. The number of hydrogen-bond acceptors (Lipinski definition) is 6. The van der Waals surface area contributed by atoms with Crippen molar-refractivity contribution in [2.24, 2.45) is 0 Å². The lowest BCUT2D eigenvalue weighted by atomic mass is 9.89. The molecule has 3 rings (SSSR count). The van der Waals surface area contributed by atoms with Gasteiger partial charge in [-0.05, 0) is 13.8 Å². The van der Waals surface area contributed by atoms with Gasteiger partial charge in [0.05, 0.1) is 17.2 Å². The first-order valence-electron chi connectivity index (χ1n) is 8.32. The highest BCUT2D eigenvalue weighted by Crippen LogP contribution is 2.27. The predicted molar refractivity (Wildman–Crippen MR) is 91.3 cm³/mol. The van der Waals surface area contributed by atoms with E-state index in [2.05, 4.69) is 10.3 Å². The van der Waals surface area contributed by atoms with Crippen molar-refractivity contribution in [3.05, 3.63) is 15.6 Å². The normalized spacial score (nSPS) is 20.4. The van der Waals surface area contributed by atoms with Crippen molar-refractivity contribution in [2.75, 3.05) is 32.7 Å². The number of rotatable bonds is 2. The molecule has 25 heavy (non-hydrogen) atoms. The molecule has 0 saturated carbocycles. The summed E-state index contributed by atoms with van der Waals surface area (Å²) in [5.41, 5.74) is -0.795. The summed E-state index contributed by atoms with van der Waals surface area (Å²) in [4.78, 5) is 44.6. The van der Waals surface area contributed by atoms with Crippen molar-refractivity contribution in [2.45, 2.75) is 32.3 Å². The highest BCUT2D eigenvalue weighted by Gasteiger charge is 2.43. The molecule has 0 aliphatic carbocycles. The number of hydrogen-bond donors (Lipinski definition) is 2. The van der Waals surface area contributed by atoms with Crippen LogP contribution in [-0.2, 0) is 9.59 Å². The summed E-state index contributed by atoms with van der Waals surface area (Å²) >= 11 is 1.36. The number of likely N-dealkylation sites (tertiary alicyclic amines) is 1. The van der Waals surface area contributed by atoms with Gasteiger partial charge in [-0.15, -0.1) is 11.3 Å². The molecular weight excluding hydrogens is 344 g/mol. The molecule has 1 aromatic heterocycles. The fourth-order valence-electron chi connectivity index (χ4n) is 3.27. The van der Waals surface area contributed by atoms with Gasteiger partial charge in [0.1, 0.15) is 10.5 Å². The number of aliphatic hydroxyl groups is 1. The Hall–Kier alpha value is -2.00. The van der Waals surface area contributed by atoms with Crippen LogP contribution in [0.5, 0.6) is 0 Å². The molecule has 0 radical (unpaired) electrons. The summed E-state index contributed by atoms with van der Waals surface area (Å²) in [7, 11) is 0. The molecule has 0 aromatic carbocycles. The molecule has 8 nitrogen and oxygen atoms in total. The summed E-state index contributed by atoms with van der Waals surface area (Å²) in [6.07, 6.45) is 0.346. The molecule has 0 bridgehead atoms. The minimum Gasteiger partial charge on any atom is -0.380 e. The van der Waals surface area contributed by atoms with E-state index in [0.29, 0.717) is 36.8 Å². The maximum absolute atomic E-state index is 12.6. The number of piperidine rings is 1. The van der Waals surface area contributed by atoms with E-state index in [1.165, 1.54) is 16.2 Å². The lowest BCUT2D eigenvalue weighted by Crippen LogP contribution is -2.59. The number of thiazole rings is 1. The molecule has 3 amide bonds. The third kappa shape index (κ3) is 3.52. The predicted octanol–water partition coefficient (Wildman–Crippen LogP) is -0.315. The Balaban J connectivity index is 1.64. The maximum atomic E-state index is 12.6. The first-order valence-corrected chi connectivity index (χ1v) is 9.13. The Bertz CT molecular complexity index is 709. The SMILES string of the molecule is Cc1nc(C)c(C(=O)N2CCC(O)(C(=O)N3CCNC(=O)C3)CC2)s1. The molecule has 9 heteroatoms. The van der Waals surface area contributed by atoms with Gasteiger partial charge in [0.25, 0.3) is 11.8 Å². The Kier molecular flexibility index (Phi) is 4.79. The molecule has 2 aliphatic rings. The van der Waals surface area contributed by atoms with Gasteiger partial charge < -0.3 is 20.2 Å². The van der Waals surface area contributed by atoms with Crippen LogP contribution in [0.3, 0.4) is 0 Å². The second kappa shape index (κ2) is 6.72. The minimum absolute atomic E-state index is 0.0247. The second-order valence-electron chi connectivity index (χ2n) is 6.55. The fourth-order valence-corrected chi connectivity index (χ4v) is 4.16. The van der Waals surface area contributed by atoms with E-state index in [0.717, 1.165) is 5.01 Å². The van der Waals surface area contributed by atoms with E-state index in [-0.39, 0.29) is 31.2 Å². The van der Waals surface area contributed by atoms with Crippen LogP contribution >= 0.6 is 11.3 Å². The van der Waals surface area contributed by atoms with Gasteiger partial charge in [0.15, 0.2) is 0 Å². The van der Waals surface area contributed by atoms with Crippen LogP contribution in [0.4, 0.5) is 0 Å². The minimum atomic E-state index is -1.51. The number of carbonyl (C=O) groups excluding carboxylic acids is 3. The van der Waals surface area contributed by atoms with Gasteiger partial charge in [0, 0.05) is 39.0 Å². The Morgan fingerprint density at radius 1 is 1.20 bits per heavy atom. The molecule has 2 N–H and O–H groups in total. The quantitative estimate of drug-likeness (QED) is 0.747. The van der Waals surface area contributed by atoms with Crippen LogP contribution in [0.25, 0.3) is 0 Å². The lowest BCUT2D eigenvalue weighted by Gasteiger charge is -2.40. The van der Waals surface area contributed by atoms with Crippen molar-refractivity contribution >= 4 is 29.1 Å². The highest BCUT2D eigenvalue weighted by atomic mass is 32.1. The smallest absolute Gasteiger partial charge is 0.265 e. The van der Waals surface area contributed by atoms with E-state index in [4.69, 9.17) is 0 Å². The van der Waals surface area contributed by atoms with Gasteiger partial charge in [-0.25, -0.2) is 4.98 Å². The zero-order valence-corrected chi connectivity index (χ0v) is 15.2. The fraction of sp³-hybridized carbons (Fsp3) is 0.625. The molecule has 136 valence electrons. The summed E-state index contributed by atoms with van der Waals surface area (Å²) < 4.78 is 0. The number of amides is 3. The monoisotopic (exact) mass is 366 g/mol. The first kappa shape index (κ1) is 17.8. The van der Waals surface area contributed by atoms with Crippen molar-refractivity contribution in [3.63, 3.8) is 0 Å². The topological polar surface area (TPSA) is 103 Å². The molecule has 1 aromatic rings. The summed E-state index contributed by atoms with van der Waals surface area (Å²) in [6, 6.07) is 0. The number of carbonyl (C=O) groups is 3. The highest BCUT2D eigenvalue weighted by molar-refractivity contribution is 7.13. The van der Waals surface area contributed by atoms with E-state index >= 15 is 0 Å². The third-order valence-corrected chi connectivity index (χ3v) is 5.76. The molecule has 0 spiro atoms. The van der Waals surface area contributed by atoms with E-state index in [1.807, 2.05) is 13.8 Å². The van der Waals surface area contributed by atoms with Crippen LogP contribution in [0.1, 0.15) is 33.2 Å². The second-order valence-corrected chi connectivity index (χ2v) is 7.75. The van der Waals surface area contributed by atoms with Gasteiger partial charge >= 0.3 is 0 Å². The zero-order chi connectivity index (χ0) is 18.2. The van der Waals surface area contributed by atoms with E-state index in [9.17, 15) is 19.5 Å². The van der Waals surface area contributed by atoms with Crippen molar-refractivity contribution in [3.8, 4) is 0 Å². The largest absolute Gasteiger partial charge is 0.380 e. The van der Waals surface area contributed by atoms with Gasteiger partial charge in [0.2, 0.25) is 5.91 Å². The van der Waals surface area contributed by atoms with Gasteiger partial charge in [-0.2, -0.15) is 0 Å². The Labute approximate surface area is 149 Å². The average molecular weight is 366 g/mol. The van der Waals surface area contributed by atoms with Crippen LogP contribution in [0.15, 0.2) is 0 Å². The zero-order valence-electron chi connectivity index (χ0n) is 14.4. The number of aromatic nitrogens is 1. The van der Waals surface area contributed by atoms with E-state index in [1.54, 1.807) is 4.90 Å². The molecule has 3 heterocycles. The first-order chi connectivity index (χ1) is 11.8. The molecule has 2 saturated heterocycles. The summed E-state index contributed by atoms with van der Waals surface area (Å²) in [5.74, 6) is -0.735. The van der Waals surface area contributed by atoms with Crippen LogP contribution in [0, 0.1) is 13.8 Å². The number of aryl methyl sites for hydroxylation is 2. The van der Waals surface area contributed by atoms with Crippen molar-refractivity contribution < 1.29 is 19.5 Å². The van der Waals surface area contributed by atoms with E-state index < -0.39 is 11.5 Å². The van der Waals surface area contributed by atoms with Crippen LogP contribution in [-0.4, -0.2) is 75.9 Å². The van der Waals surface area contributed by atoms with Gasteiger partial charge in [-0.3, -0.25) is 14.4 Å². The average Bonchev–Trinajstić information content (AvgIpc) is 2.92. The molecule has 2 aliphatic heterocycles. The molecule has 2 fully saturated rings. The van der Waals surface area contributed by atoms with Crippen molar-refractivity contribution in [1.29, 1.82) is 0 Å². The molecule has 0 unspecified atom stereocenters. The van der Waals surface area contributed by atoms with Crippen LogP contribution in [0.2, 0.25) is 0 Å². The third-order valence-electron chi connectivity index (χ3n) is 4.70. The number of nitrogens with zero attached hydrogens (tertiary/aromatic N) is 3. The lowest BCUT2D eigenvalue weighted by molar-refractivity contribution is -0.158. The summed E-state index contributed by atoms with van der Waals surface area (Å²) in [5, 5.41) is 14.2. The Morgan fingerprint density at radius 3 is 2.44 bits per heavy atom.